The maximum atomic E-state index is 13.0. The highest BCUT2D eigenvalue weighted by molar-refractivity contribution is 6.36. The minimum atomic E-state index is -4.61. The molecule has 1 aromatic rings. The van der Waals surface area contributed by atoms with Crippen molar-refractivity contribution in [2.24, 2.45) is 11.8 Å². The van der Waals surface area contributed by atoms with E-state index in [1.54, 1.807) is 26.0 Å². The van der Waals surface area contributed by atoms with E-state index in [0.717, 1.165) is 23.1 Å². The van der Waals surface area contributed by atoms with Crippen molar-refractivity contribution in [2.45, 2.75) is 31.2 Å². The molecule has 3 heterocycles. The highest BCUT2D eigenvalue weighted by atomic mass is 35.5. The van der Waals surface area contributed by atoms with Crippen molar-refractivity contribution in [1.82, 2.24) is 0 Å². The summed E-state index contributed by atoms with van der Waals surface area (Å²) in [6.45, 7) is 3.39. The first-order chi connectivity index (χ1) is 11.5. The van der Waals surface area contributed by atoms with Crippen LogP contribution in [0.5, 0.6) is 0 Å². The third kappa shape index (κ3) is 2.05. The van der Waals surface area contributed by atoms with E-state index in [-0.39, 0.29) is 10.7 Å². The Morgan fingerprint density at radius 1 is 1.08 bits per heavy atom. The smallest absolute Gasteiger partial charge is 0.359 e. The molecule has 2 saturated heterocycles. The van der Waals surface area contributed by atoms with Gasteiger partial charge < -0.3 is 4.74 Å². The predicted octanol–water partition coefficient (Wildman–Crippen LogP) is 3.58. The van der Waals surface area contributed by atoms with Gasteiger partial charge in [-0.05, 0) is 32.0 Å². The van der Waals surface area contributed by atoms with Crippen LogP contribution in [0.25, 0.3) is 0 Å². The van der Waals surface area contributed by atoms with E-state index in [1.165, 1.54) is 0 Å². The lowest BCUT2D eigenvalue weighted by atomic mass is 9.73. The molecule has 25 heavy (non-hydrogen) atoms. The van der Waals surface area contributed by atoms with E-state index in [1.807, 2.05) is 0 Å². The zero-order valence-corrected chi connectivity index (χ0v) is 14.0. The average molecular weight is 372 g/mol. The number of benzene rings is 1. The third-order valence-corrected chi connectivity index (χ3v) is 5.56. The van der Waals surface area contributed by atoms with Gasteiger partial charge >= 0.3 is 6.18 Å². The molecule has 3 aliphatic rings. The van der Waals surface area contributed by atoms with Gasteiger partial charge in [0.05, 0.1) is 39.3 Å². The Hall–Kier alpha value is -1.86. The zero-order chi connectivity index (χ0) is 18.4. The number of anilines is 1. The van der Waals surface area contributed by atoms with Gasteiger partial charge in [0.2, 0.25) is 11.8 Å². The number of hydrogen-bond donors (Lipinski definition) is 0. The number of alkyl halides is 3. The molecule has 3 aliphatic heterocycles. The fraction of sp³-hybridized carbons (Fsp3) is 0.412. The second kappa shape index (κ2) is 4.65. The van der Waals surface area contributed by atoms with Gasteiger partial charge in [-0.2, -0.15) is 13.2 Å². The lowest BCUT2D eigenvalue weighted by Crippen LogP contribution is -2.39. The topological polar surface area (TPSA) is 46.6 Å². The summed E-state index contributed by atoms with van der Waals surface area (Å²) >= 11 is 6.01. The van der Waals surface area contributed by atoms with E-state index in [0.29, 0.717) is 0 Å². The first-order valence-corrected chi connectivity index (χ1v) is 8.01. The number of carbonyl (C=O) groups is 2. The molecule has 2 bridgehead atoms. The summed E-state index contributed by atoms with van der Waals surface area (Å²) in [5.74, 6) is -2.74. The van der Waals surface area contributed by atoms with Gasteiger partial charge in [-0.3, -0.25) is 9.59 Å². The average Bonchev–Trinajstić information content (AvgIpc) is 3.04. The summed E-state index contributed by atoms with van der Waals surface area (Å²) in [5.41, 5.74) is -3.11. The number of carbonyl (C=O) groups excluding carboxylic acids is 2. The van der Waals surface area contributed by atoms with Crippen LogP contribution in [0.3, 0.4) is 0 Å². The van der Waals surface area contributed by atoms with E-state index < -0.39 is 46.6 Å². The molecule has 2 fully saturated rings. The molecular formula is C17H13ClF3NO3. The second-order valence-corrected chi connectivity index (χ2v) is 7.34. The molecule has 0 unspecified atom stereocenters. The first-order valence-electron chi connectivity index (χ1n) is 7.63. The van der Waals surface area contributed by atoms with Crippen molar-refractivity contribution in [2.75, 3.05) is 4.90 Å². The number of hydrogen-bond acceptors (Lipinski definition) is 3. The summed E-state index contributed by atoms with van der Waals surface area (Å²) in [7, 11) is 0. The first kappa shape index (κ1) is 16.6. The molecular weight excluding hydrogens is 359 g/mol. The van der Waals surface area contributed by atoms with Crippen LogP contribution in [0.1, 0.15) is 19.4 Å². The number of rotatable bonds is 1. The van der Waals surface area contributed by atoms with Crippen LogP contribution >= 0.6 is 11.6 Å². The highest BCUT2D eigenvalue weighted by Crippen LogP contribution is 2.58. The second-order valence-electron chi connectivity index (χ2n) is 6.93. The molecule has 0 aromatic heterocycles. The molecule has 1 aromatic carbocycles. The van der Waals surface area contributed by atoms with Crippen LogP contribution < -0.4 is 4.90 Å². The van der Waals surface area contributed by atoms with Crippen molar-refractivity contribution in [3.63, 3.8) is 0 Å². The monoisotopic (exact) mass is 371 g/mol. The Morgan fingerprint density at radius 2 is 1.60 bits per heavy atom. The molecule has 4 rings (SSSR count). The molecule has 0 radical (unpaired) electrons. The van der Waals surface area contributed by atoms with Gasteiger partial charge in [0.25, 0.3) is 0 Å². The SMILES string of the molecule is C[C@]12C=C[C@](C)(O1)[C@@H]1C(=O)N(c3cc(C(F)(F)F)ccc3Cl)C(=O)[C@@H]12. The lowest BCUT2D eigenvalue weighted by molar-refractivity contribution is -0.138. The highest BCUT2D eigenvalue weighted by Gasteiger charge is 2.70. The van der Waals surface area contributed by atoms with Gasteiger partial charge in [0, 0.05) is 0 Å². The summed E-state index contributed by atoms with van der Waals surface area (Å²) < 4.78 is 44.9. The van der Waals surface area contributed by atoms with Crippen molar-refractivity contribution < 1.29 is 27.5 Å². The Labute approximate surface area is 146 Å². The van der Waals surface area contributed by atoms with Crippen LogP contribution in [0, 0.1) is 11.8 Å². The normalized spacial score (nSPS) is 36.5. The van der Waals surface area contributed by atoms with Crippen LogP contribution in [0.2, 0.25) is 5.02 Å². The zero-order valence-electron chi connectivity index (χ0n) is 13.2. The molecule has 4 nitrogen and oxygen atoms in total. The van der Waals surface area contributed by atoms with E-state index in [9.17, 15) is 22.8 Å². The molecule has 0 N–H and O–H groups in total. The number of amides is 2. The molecule has 8 heteroatoms. The van der Waals surface area contributed by atoms with E-state index in [2.05, 4.69) is 0 Å². The van der Waals surface area contributed by atoms with E-state index in [4.69, 9.17) is 16.3 Å². The number of ether oxygens (including phenoxy) is 1. The number of nitrogens with zero attached hydrogens (tertiary/aromatic N) is 1. The standard InChI is InChI=1S/C17H13ClF3NO3/c1-15-5-6-16(2,25-15)12-11(15)13(23)22(14(12)24)10-7-8(17(19,20)21)3-4-9(10)18/h3-7,11-12H,1-2H3/t11-,12+,15-,16+. The Morgan fingerprint density at radius 3 is 2.08 bits per heavy atom. The Bertz CT molecular complexity index is 816. The van der Waals surface area contributed by atoms with Gasteiger partial charge in [-0.1, -0.05) is 23.8 Å². The van der Waals surface area contributed by atoms with Crippen molar-refractivity contribution in [1.29, 1.82) is 0 Å². The number of imide groups is 1. The van der Waals surface area contributed by atoms with Crippen LogP contribution in [-0.4, -0.2) is 23.0 Å². The fourth-order valence-electron chi connectivity index (χ4n) is 4.13. The quantitative estimate of drug-likeness (QED) is 0.560. The van der Waals surface area contributed by atoms with Crippen molar-refractivity contribution in [3.05, 3.63) is 40.9 Å². The minimum Gasteiger partial charge on any atom is -0.359 e. The van der Waals surface area contributed by atoms with Crippen molar-refractivity contribution >= 4 is 29.1 Å². The van der Waals surface area contributed by atoms with Crippen LogP contribution in [0.4, 0.5) is 18.9 Å². The minimum absolute atomic E-state index is 0.0915. The van der Waals surface area contributed by atoms with E-state index >= 15 is 0 Å². The predicted molar refractivity (Wildman–Crippen MR) is 83.0 cm³/mol. The van der Waals surface area contributed by atoms with Crippen LogP contribution in [0.15, 0.2) is 30.4 Å². The summed E-state index contributed by atoms with van der Waals surface area (Å²) in [5, 5.41) is -0.0915. The van der Waals surface area contributed by atoms with Gasteiger partial charge in [-0.15, -0.1) is 0 Å². The van der Waals surface area contributed by atoms with Crippen LogP contribution in [-0.2, 0) is 20.5 Å². The summed E-state index contributed by atoms with van der Waals surface area (Å²) in [4.78, 5) is 26.6. The molecule has 2 amide bonds. The molecule has 0 aliphatic carbocycles. The van der Waals surface area contributed by atoms with Gasteiger partial charge in [0.1, 0.15) is 0 Å². The summed E-state index contributed by atoms with van der Waals surface area (Å²) in [6, 6.07) is 2.59. The lowest BCUT2D eigenvalue weighted by Gasteiger charge is -2.26. The fourth-order valence-corrected chi connectivity index (χ4v) is 4.33. The number of fused-ring (bicyclic) bond motifs is 5. The van der Waals surface area contributed by atoms with Crippen molar-refractivity contribution in [3.8, 4) is 0 Å². The van der Waals surface area contributed by atoms with Gasteiger partial charge in [0.15, 0.2) is 0 Å². The number of halogens is 4. The largest absolute Gasteiger partial charge is 0.416 e. The third-order valence-electron chi connectivity index (χ3n) is 5.24. The molecule has 0 saturated carbocycles. The maximum absolute atomic E-state index is 13.0. The Kier molecular flexibility index (Phi) is 3.09. The maximum Gasteiger partial charge on any atom is 0.416 e. The summed E-state index contributed by atoms with van der Waals surface area (Å²) in [6.07, 6.45) is -1.14. The van der Waals surface area contributed by atoms with Gasteiger partial charge in [-0.25, -0.2) is 4.90 Å². The molecule has 4 atom stereocenters. The molecule has 132 valence electrons. The Balaban J connectivity index is 1.82. The molecule has 0 spiro atoms.